The largest absolute Gasteiger partial charge is 0.491 e. The molecule has 2 aliphatic heterocycles. The van der Waals surface area contributed by atoms with Gasteiger partial charge in [-0.25, -0.2) is 4.79 Å². The molecule has 1 saturated heterocycles. The maximum absolute atomic E-state index is 12.6. The fourth-order valence-corrected chi connectivity index (χ4v) is 5.78. The third-order valence-electron chi connectivity index (χ3n) is 7.99. The molecular formula is C37H37NO6. The maximum Gasteiger partial charge on any atom is 0.343 e. The van der Waals surface area contributed by atoms with Crippen LogP contribution in [0.3, 0.4) is 0 Å². The van der Waals surface area contributed by atoms with Crippen molar-refractivity contribution in [1.82, 2.24) is 4.90 Å². The van der Waals surface area contributed by atoms with E-state index >= 15 is 0 Å². The highest BCUT2D eigenvalue weighted by Crippen LogP contribution is 2.40. The lowest BCUT2D eigenvalue weighted by molar-refractivity contribution is 0.0734. The Morgan fingerprint density at radius 1 is 0.795 bits per heavy atom. The zero-order valence-corrected chi connectivity index (χ0v) is 24.9. The van der Waals surface area contributed by atoms with Gasteiger partial charge in [0.2, 0.25) is 6.79 Å². The Labute approximate surface area is 258 Å². The minimum Gasteiger partial charge on any atom is -0.491 e. The van der Waals surface area contributed by atoms with E-state index in [-0.39, 0.29) is 13.4 Å². The van der Waals surface area contributed by atoms with Crippen LogP contribution >= 0.6 is 0 Å². The van der Waals surface area contributed by atoms with Gasteiger partial charge in [0.15, 0.2) is 11.5 Å². The lowest BCUT2D eigenvalue weighted by Crippen LogP contribution is -2.33. The molecule has 1 unspecified atom stereocenters. The number of hydrogen-bond acceptors (Lipinski definition) is 7. The molecule has 4 aromatic rings. The molecule has 1 N–H and O–H groups in total. The van der Waals surface area contributed by atoms with Crippen molar-refractivity contribution < 1.29 is 28.8 Å². The number of ether oxygens (including phenoxy) is 4. The number of aliphatic hydroxyl groups excluding tert-OH is 1. The van der Waals surface area contributed by atoms with Crippen molar-refractivity contribution in [2.45, 2.75) is 32.3 Å². The molecule has 0 aliphatic carbocycles. The predicted octanol–water partition coefficient (Wildman–Crippen LogP) is 6.84. The van der Waals surface area contributed by atoms with Crippen molar-refractivity contribution in [1.29, 1.82) is 0 Å². The van der Waals surface area contributed by atoms with Crippen LogP contribution in [0.5, 0.6) is 23.0 Å². The van der Waals surface area contributed by atoms with E-state index in [2.05, 4.69) is 17.9 Å². The smallest absolute Gasteiger partial charge is 0.343 e. The number of esters is 1. The molecule has 0 radical (unpaired) electrons. The van der Waals surface area contributed by atoms with Crippen molar-refractivity contribution in [3.63, 3.8) is 0 Å². The second-order valence-electron chi connectivity index (χ2n) is 11.1. The van der Waals surface area contributed by atoms with Crippen LogP contribution in [0.15, 0.2) is 97.1 Å². The molecule has 226 valence electrons. The van der Waals surface area contributed by atoms with E-state index in [4.69, 9.17) is 18.9 Å². The summed E-state index contributed by atoms with van der Waals surface area (Å²) in [6.07, 6.45) is 2.62. The molecule has 2 heterocycles. The summed E-state index contributed by atoms with van der Waals surface area (Å²) in [5, 5.41) is 10.5. The molecule has 0 amide bonds. The Kier molecular flexibility index (Phi) is 9.25. The topological polar surface area (TPSA) is 77.5 Å². The van der Waals surface area contributed by atoms with Gasteiger partial charge < -0.3 is 29.0 Å². The number of hydrogen-bond donors (Lipinski definition) is 1. The third kappa shape index (κ3) is 6.96. The van der Waals surface area contributed by atoms with Crippen molar-refractivity contribution in [3.05, 3.63) is 119 Å². The number of nitrogens with zero attached hydrogens (tertiary/aromatic N) is 1. The van der Waals surface area contributed by atoms with E-state index < -0.39 is 12.1 Å². The first-order chi connectivity index (χ1) is 21.6. The van der Waals surface area contributed by atoms with Gasteiger partial charge in [0.05, 0.1) is 5.56 Å². The molecule has 0 spiro atoms. The maximum atomic E-state index is 12.6. The van der Waals surface area contributed by atoms with Gasteiger partial charge in [-0.2, -0.15) is 0 Å². The lowest BCUT2D eigenvalue weighted by atomic mass is 9.88. The molecule has 7 heteroatoms. The van der Waals surface area contributed by atoms with Gasteiger partial charge in [0.25, 0.3) is 0 Å². The summed E-state index contributed by atoms with van der Waals surface area (Å²) in [6.45, 7) is 5.32. The molecule has 1 fully saturated rings. The zero-order valence-electron chi connectivity index (χ0n) is 24.9. The Morgan fingerprint density at radius 3 is 2.11 bits per heavy atom. The molecule has 0 saturated carbocycles. The quantitative estimate of drug-likeness (QED) is 0.116. The molecule has 1 atom stereocenters. The summed E-state index contributed by atoms with van der Waals surface area (Å²) in [5.41, 5.74) is 5.71. The first kappa shape index (κ1) is 29.5. The van der Waals surface area contributed by atoms with Crippen LogP contribution in [0, 0.1) is 0 Å². The van der Waals surface area contributed by atoms with Crippen molar-refractivity contribution in [2.24, 2.45) is 0 Å². The lowest BCUT2D eigenvalue weighted by Gasteiger charge is -2.20. The summed E-state index contributed by atoms with van der Waals surface area (Å²) in [4.78, 5) is 14.9. The van der Waals surface area contributed by atoms with Gasteiger partial charge in [0, 0.05) is 6.54 Å². The van der Waals surface area contributed by atoms with Crippen LogP contribution in [-0.2, 0) is 0 Å². The summed E-state index contributed by atoms with van der Waals surface area (Å²) < 4.78 is 22.8. The van der Waals surface area contributed by atoms with Crippen LogP contribution < -0.4 is 18.9 Å². The summed E-state index contributed by atoms with van der Waals surface area (Å²) >= 11 is 0. The van der Waals surface area contributed by atoms with Crippen LogP contribution in [0.4, 0.5) is 0 Å². The zero-order chi connectivity index (χ0) is 30.3. The molecule has 6 rings (SSSR count). The number of β-amino-alcohol motifs (C(OH)–C–C–N with tert-alkyl or cyclic N) is 1. The number of likely N-dealkylation sites (tertiary alicyclic amines) is 1. The van der Waals surface area contributed by atoms with Gasteiger partial charge in [-0.05, 0) is 109 Å². The number of allylic oxidation sites excluding steroid dienone is 1. The number of benzene rings is 4. The van der Waals surface area contributed by atoms with Crippen LogP contribution in [-0.4, -0.2) is 55.1 Å². The number of rotatable bonds is 11. The first-order valence-corrected chi connectivity index (χ1v) is 15.2. The van der Waals surface area contributed by atoms with Gasteiger partial charge in [-0.15, -0.1) is 0 Å². The molecule has 0 aromatic heterocycles. The average Bonchev–Trinajstić information content (AvgIpc) is 3.76. The van der Waals surface area contributed by atoms with E-state index in [0.29, 0.717) is 23.6 Å². The van der Waals surface area contributed by atoms with Crippen LogP contribution in [0.25, 0.3) is 11.1 Å². The Balaban J connectivity index is 1.27. The van der Waals surface area contributed by atoms with Gasteiger partial charge in [-0.3, -0.25) is 0 Å². The monoisotopic (exact) mass is 591 g/mol. The second-order valence-corrected chi connectivity index (χ2v) is 11.1. The van der Waals surface area contributed by atoms with E-state index in [9.17, 15) is 9.90 Å². The fraction of sp³-hybridized carbons (Fsp3) is 0.270. The normalized spacial score (nSPS) is 15.5. The minimum atomic E-state index is -0.532. The standard InChI is InChI=1S/C37H37NO6/c1-2-33(29-14-19-34-35(22-29)43-25-42-34)36(27-12-17-32(18-13-27)44-37(40)28-8-4-3-5-9-28)26-10-15-31(16-11-26)41-24-30(39)23-38-20-6-7-21-38/h3-5,8-19,22,30,39H,2,6-7,20-21,23-25H2,1H3. The third-order valence-corrected chi connectivity index (χ3v) is 7.99. The SMILES string of the molecule is CCC(=C(c1ccc(OCC(O)CN2CCCC2)cc1)c1ccc(OC(=O)c2ccccc2)cc1)c1ccc2c(c1)OCO2. The summed E-state index contributed by atoms with van der Waals surface area (Å²) in [5.74, 6) is 2.25. The second kappa shape index (κ2) is 13.8. The predicted molar refractivity (Wildman–Crippen MR) is 170 cm³/mol. The molecule has 4 aromatic carbocycles. The van der Waals surface area contributed by atoms with Crippen molar-refractivity contribution in [2.75, 3.05) is 33.0 Å². The van der Waals surface area contributed by atoms with E-state index in [1.807, 2.05) is 78.9 Å². The van der Waals surface area contributed by atoms with Crippen molar-refractivity contribution in [3.8, 4) is 23.0 Å². The molecule has 0 bridgehead atoms. The van der Waals surface area contributed by atoms with E-state index in [1.54, 1.807) is 12.1 Å². The number of aliphatic hydroxyl groups is 1. The summed E-state index contributed by atoms with van der Waals surface area (Å²) in [6, 6.07) is 30.6. The Bertz CT molecular complexity index is 1590. The first-order valence-electron chi connectivity index (χ1n) is 15.2. The highest BCUT2D eigenvalue weighted by molar-refractivity contribution is 5.99. The number of fused-ring (bicyclic) bond motifs is 1. The number of carbonyl (C=O) groups is 1. The van der Waals surface area contributed by atoms with E-state index in [0.717, 1.165) is 58.8 Å². The van der Waals surface area contributed by atoms with Crippen molar-refractivity contribution >= 4 is 17.1 Å². The van der Waals surface area contributed by atoms with Gasteiger partial charge >= 0.3 is 5.97 Å². The van der Waals surface area contributed by atoms with Gasteiger partial charge in [-0.1, -0.05) is 55.5 Å². The highest BCUT2D eigenvalue weighted by Gasteiger charge is 2.19. The highest BCUT2D eigenvalue weighted by atomic mass is 16.7. The van der Waals surface area contributed by atoms with Gasteiger partial charge in [0.1, 0.15) is 24.2 Å². The molecule has 7 nitrogen and oxygen atoms in total. The Morgan fingerprint density at radius 2 is 1.43 bits per heavy atom. The minimum absolute atomic E-state index is 0.216. The molecule has 44 heavy (non-hydrogen) atoms. The fourth-order valence-electron chi connectivity index (χ4n) is 5.78. The summed E-state index contributed by atoms with van der Waals surface area (Å²) in [7, 11) is 0. The average molecular weight is 592 g/mol. The van der Waals surface area contributed by atoms with E-state index in [1.165, 1.54) is 12.8 Å². The molecular weight excluding hydrogens is 554 g/mol. The Hall–Kier alpha value is -4.59. The number of carbonyl (C=O) groups excluding carboxylic acids is 1. The molecule has 2 aliphatic rings. The van der Waals surface area contributed by atoms with Crippen LogP contribution in [0.2, 0.25) is 0 Å². The van der Waals surface area contributed by atoms with Crippen LogP contribution in [0.1, 0.15) is 53.2 Å².